The molecule has 28 heavy (non-hydrogen) atoms. The summed E-state index contributed by atoms with van der Waals surface area (Å²) in [6.07, 6.45) is 2.86. The molecule has 0 bridgehead atoms. The first kappa shape index (κ1) is 17.5. The van der Waals surface area contributed by atoms with Crippen LogP contribution in [0.1, 0.15) is 11.3 Å². The van der Waals surface area contributed by atoms with Crippen LogP contribution in [0.15, 0.2) is 76.0 Å². The van der Waals surface area contributed by atoms with Gasteiger partial charge >= 0.3 is 11.6 Å². The number of aromatic hydroxyl groups is 1. The Kier molecular flexibility index (Phi) is 4.60. The monoisotopic (exact) mass is 373 g/mol. The van der Waals surface area contributed by atoms with Crippen molar-refractivity contribution >= 4 is 33.9 Å². The van der Waals surface area contributed by atoms with Gasteiger partial charge in [-0.05, 0) is 30.3 Å². The van der Waals surface area contributed by atoms with Crippen molar-refractivity contribution in [2.75, 3.05) is 0 Å². The maximum Gasteiger partial charge on any atom is 0.336 e. The van der Waals surface area contributed by atoms with Gasteiger partial charge in [-0.3, -0.25) is 0 Å². The molecule has 0 aliphatic carbocycles. The van der Waals surface area contributed by atoms with Crippen LogP contribution in [0.4, 0.5) is 0 Å². The van der Waals surface area contributed by atoms with Crippen LogP contribution in [-0.4, -0.2) is 16.1 Å². The summed E-state index contributed by atoms with van der Waals surface area (Å²) in [7, 11) is 0. The first-order valence-corrected chi connectivity index (χ1v) is 8.55. The zero-order valence-electron chi connectivity index (χ0n) is 14.7. The van der Waals surface area contributed by atoms with E-state index in [9.17, 15) is 14.7 Å². The largest absolute Gasteiger partial charge is 0.508 e. The fourth-order valence-electron chi connectivity index (χ4n) is 2.86. The first-order chi connectivity index (χ1) is 13.6. The van der Waals surface area contributed by atoms with Gasteiger partial charge in [0.1, 0.15) is 17.9 Å². The van der Waals surface area contributed by atoms with Crippen LogP contribution in [0, 0.1) is 0 Å². The second-order valence-corrected chi connectivity index (χ2v) is 6.14. The molecule has 6 heteroatoms. The van der Waals surface area contributed by atoms with E-state index in [0.717, 1.165) is 10.9 Å². The molecule has 2 aromatic carbocycles. The van der Waals surface area contributed by atoms with Gasteiger partial charge in [0.05, 0.1) is 11.2 Å². The lowest BCUT2D eigenvalue weighted by Gasteiger charge is -2.06. The van der Waals surface area contributed by atoms with Gasteiger partial charge in [0.25, 0.3) is 0 Å². The second-order valence-electron chi connectivity index (χ2n) is 6.14. The van der Waals surface area contributed by atoms with Gasteiger partial charge in [-0.25, -0.2) is 14.6 Å². The molecule has 0 atom stereocenters. The SMILES string of the molecule is O=C(C=Cc1ccc2ccccc2n1)OCc1cc(=O)oc2cc(O)ccc12. The highest BCUT2D eigenvalue weighted by Gasteiger charge is 2.08. The van der Waals surface area contributed by atoms with E-state index in [-0.39, 0.29) is 17.9 Å². The Labute approximate surface area is 159 Å². The Morgan fingerprint density at radius 3 is 2.86 bits per heavy atom. The van der Waals surface area contributed by atoms with Crippen LogP contribution in [0.5, 0.6) is 5.75 Å². The van der Waals surface area contributed by atoms with Crippen LogP contribution in [-0.2, 0) is 16.1 Å². The van der Waals surface area contributed by atoms with Crippen LogP contribution in [0.25, 0.3) is 27.9 Å². The standard InChI is InChI=1S/C22H15NO5/c24-17-8-9-18-15(11-22(26)28-20(18)12-17)13-27-21(25)10-7-16-6-5-14-3-1-2-4-19(14)23-16/h1-12,24H,13H2. The third-order valence-electron chi connectivity index (χ3n) is 4.19. The Morgan fingerprint density at radius 2 is 1.96 bits per heavy atom. The summed E-state index contributed by atoms with van der Waals surface area (Å²) in [6, 6.07) is 17.1. The lowest BCUT2D eigenvalue weighted by Crippen LogP contribution is -2.05. The number of pyridine rings is 1. The normalized spacial score (nSPS) is 11.3. The molecule has 4 rings (SSSR count). The number of phenolic OH excluding ortho intramolecular Hbond substituents is 1. The molecule has 0 unspecified atom stereocenters. The van der Waals surface area contributed by atoms with E-state index in [1.54, 1.807) is 12.1 Å². The topological polar surface area (TPSA) is 89.6 Å². The minimum absolute atomic E-state index is 0.0180. The van der Waals surface area contributed by atoms with Gasteiger partial charge < -0.3 is 14.3 Å². The van der Waals surface area contributed by atoms with Gasteiger partial charge in [-0.15, -0.1) is 0 Å². The number of ether oxygens (including phenoxy) is 1. The molecule has 0 saturated carbocycles. The summed E-state index contributed by atoms with van der Waals surface area (Å²) in [5.41, 5.74) is 1.62. The summed E-state index contributed by atoms with van der Waals surface area (Å²) in [6.45, 7) is -0.0960. The zero-order valence-corrected chi connectivity index (χ0v) is 14.7. The van der Waals surface area contributed by atoms with Crippen molar-refractivity contribution < 1.29 is 19.1 Å². The molecule has 0 aliphatic heterocycles. The third kappa shape index (κ3) is 3.76. The number of phenols is 1. The fourth-order valence-corrected chi connectivity index (χ4v) is 2.86. The van der Waals surface area contributed by atoms with Gasteiger partial charge in [0, 0.05) is 34.5 Å². The van der Waals surface area contributed by atoms with Gasteiger partial charge in [0.2, 0.25) is 0 Å². The highest BCUT2D eigenvalue weighted by molar-refractivity contribution is 5.88. The highest BCUT2D eigenvalue weighted by Crippen LogP contribution is 2.22. The molecule has 138 valence electrons. The molecule has 2 heterocycles. The number of esters is 1. The highest BCUT2D eigenvalue weighted by atomic mass is 16.5. The molecule has 1 N–H and O–H groups in total. The number of nitrogens with zero attached hydrogens (tertiary/aromatic N) is 1. The van der Waals surface area contributed by atoms with Gasteiger partial charge in [-0.1, -0.05) is 24.3 Å². The maximum atomic E-state index is 12.1. The number of para-hydroxylation sites is 1. The van der Waals surface area contributed by atoms with Crippen molar-refractivity contribution in [1.29, 1.82) is 0 Å². The number of fused-ring (bicyclic) bond motifs is 2. The van der Waals surface area contributed by atoms with E-state index in [4.69, 9.17) is 9.15 Å². The van der Waals surface area contributed by atoms with E-state index in [0.29, 0.717) is 16.6 Å². The smallest absolute Gasteiger partial charge is 0.336 e. The predicted octanol–water partition coefficient (Wildman–Crippen LogP) is 3.80. The Hall–Kier alpha value is -3.93. The number of benzene rings is 2. The molecule has 0 spiro atoms. The quantitative estimate of drug-likeness (QED) is 0.332. The third-order valence-corrected chi connectivity index (χ3v) is 4.19. The van der Waals surface area contributed by atoms with Crippen molar-refractivity contribution in [1.82, 2.24) is 4.98 Å². The Bertz CT molecular complexity index is 1270. The summed E-state index contributed by atoms with van der Waals surface area (Å²) in [5, 5.41) is 11.1. The molecule has 2 aromatic heterocycles. The summed E-state index contributed by atoms with van der Waals surface area (Å²) in [5.74, 6) is -0.578. The van der Waals surface area contributed by atoms with Crippen LogP contribution < -0.4 is 5.63 Å². The van der Waals surface area contributed by atoms with Crippen LogP contribution >= 0.6 is 0 Å². The molecule has 0 aliphatic rings. The number of aromatic nitrogens is 1. The van der Waals surface area contributed by atoms with Crippen LogP contribution in [0.2, 0.25) is 0 Å². The maximum absolute atomic E-state index is 12.1. The number of hydrogen-bond acceptors (Lipinski definition) is 6. The van der Waals surface area contributed by atoms with E-state index >= 15 is 0 Å². The molecule has 0 radical (unpaired) electrons. The number of rotatable bonds is 4. The van der Waals surface area contributed by atoms with Crippen molar-refractivity contribution in [2.24, 2.45) is 0 Å². The van der Waals surface area contributed by atoms with Crippen molar-refractivity contribution in [2.45, 2.75) is 6.61 Å². The minimum Gasteiger partial charge on any atom is -0.508 e. The van der Waals surface area contributed by atoms with E-state index in [1.807, 2.05) is 36.4 Å². The molecular formula is C22H15NO5. The predicted molar refractivity (Wildman–Crippen MR) is 105 cm³/mol. The van der Waals surface area contributed by atoms with Gasteiger partial charge in [-0.2, -0.15) is 0 Å². The minimum atomic E-state index is -0.583. The number of carbonyl (C=O) groups excluding carboxylic acids is 1. The molecular weight excluding hydrogens is 358 g/mol. The van der Waals surface area contributed by atoms with Crippen LogP contribution in [0.3, 0.4) is 0 Å². The zero-order chi connectivity index (χ0) is 19.5. The Morgan fingerprint density at radius 1 is 1.11 bits per heavy atom. The summed E-state index contributed by atoms with van der Waals surface area (Å²) in [4.78, 5) is 28.2. The molecule has 0 fully saturated rings. The number of hydrogen-bond donors (Lipinski definition) is 1. The second kappa shape index (κ2) is 7.36. The lowest BCUT2D eigenvalue weighted by atomic mass is 10.1. The van der Waals surface area contributed by atoms with E-state index in [1.165, 1.54) is 24.3 Å². The fraction of sp³-hybridized carbons (Fsp3) is 0.0455. The lowest BCUT2D eigenvalue weighted by molar-refractivity contribution is -0.138. The number of carbonyl (C=O) groups is 1. The van der Waals surface area contributed by atoms with Crippen molar-refractivity contribution in [3.8, 4) is 5.75 Å². The first-order valence-electron chi connectivity index (χ1n) is 8.55. The van der Waals surface area contributed by atoms with E-state index < -0.39 is 11.6 Å². The average Bonchev–Trinajstić information content (AvgIpc) is 2.69. The van der Waals surface area contributed by atoms with Crippen molar-refractivity contribution in [3.63, 3.8) is 0 Å². The molecule has 4 aromatic rings. The molecule has 6 nitrogen and oxygen atoms in total. The van der Waals surface area contributed by atoms with Crippen molar-refractivity contribution in [3.05, 3.63) is 88.4 Å². The summed E-state index contributed by atoms with van der Waals surface area (Å²) < 4.78 is 10.3. The van der Waals surface area contributed by atoms with E-state index in [2.05, 4.69) is 4.98 Å². The van der Waals surface area contributed by atoms with Gasteiger partial charge in [0.15, 0.2) is 0 Å². The Balaban J connectivity index is 1.49. The average molecular weight is 373 g/mol. The summed E-state index contributed by atoms with van der Waals surface area (Å²) >= 11 is 0. The molecule has 0 amide bonds. The molecule has 0 saturated heterocycles.